The Kier molecular flexibility index (Phi) is 3.11. The van der Waals surface area contributed by atoms with E-state index in [2.05, 4.69) is 19.9 Å². The predicted molar refractivity (Wildman–Crippen MR) is 67.3 cm³/mol. The van der Waals surface area contributed by atoms with Crippen molar-refractivity contribution in [3.63, 3.8) is 0 Å². The van der Waals surface area contributed by atoms with Gasteiger partial charge in [0.05, 0.1) is 5.56 Å². The van der Waals surface area contributed by atoms with Gasteiger partial charge in [-0.3, -0.25) is 4.57 Å². The molecule has 0 aliphatic carbocycles. The Balaban J connectivity index is 2.20. The molecule has 0 saturated carbocycles. The molecule has 0 N–H and O–H groups in total. The Labute approximate surface area is 116 Å². The SMILES string of the molecule is Fc1cccc(F)c1-c1nc(Cl)nc(-n2ccnc2)n1. The van der Waals surface area contributed by atoms with Crippen molar-refractivity contribution in [1.29, 1.82) is 0 Å². The summed E-state index contributed by atoms with van der Waals surface area (Å²) in [5.74, 6) is -1.60. The number of rotatable bonds is 2. The highest BCUT2D eigenvalue weighted by atomic mass is 35.5. The van der Waals surface area contributed by atoms with Gasteiger partial charge >= 0.3 is 0 Å². The minimum Gasteiger partial charge on any atom is -0.274 e. The molecule has 2 heterocycles. The van der Waals surface area contributed by atoms with Crippen LogP contribution < -0.4 is 0 Å². The summed E-state index contributed by atoms with van der Waals surface area (Å²) in [5, 5.41) is -0.165. The number of nitrogens with zero attached hydrogens (tertiary/aromatic N) is 5. The van der Waals surface area contributed by atoms with Crippen LogP contribution in [0.5, 0.6) is 0 Å². The average Bonchev–Trinajstić information content (AvgIpc) is 2.91. The van der Waals surface area contributed by atoms with Crippen molar-refractivity contribution in [3.05, 3.63) is 53.8 Å². The molecular weight excluding hydrogens is 288 g/mol. The fourth-order valence-electron chi connectivity index (χ4n) is 1.66. The number of halogens is 3. The topological polar surface area (TPSA) is 56.5 Å². The van der Waals surface area contributed by atoms with Gasteiger partial charge in [-0.2, -0.15) is 15.0 Å². The molecule has 0 saturated heterocycles. The van der Waals surface area contributed by atoms with E-state index in [1.54, 1.807) is 6.20 Å². The third-order valence-electron chi connectivity index (χ3n) is 2.52. The lowest BCUT2D eigenvalue weighted by molar-refractivity contribution is 0.587. The molecule has 5 nitrogen and oxygen atoms in total. The first-order valence-corrected chi connectivity index (χ1v) is 5.87. The van der Waals surface area contributed by atoms with Crippen LogP contribution in [-0.4, -0.2) is 24.5 Å². The Hall–Kier alpha value is -2.41. The van der Waals surface area contributed by atoms with Crippen LogP contribution in [0.15, 0.2) is 36.9 Å². The molecule has 0 aliphatic heterocycles. The van der Waals surface area contributed by atoms with Crippen LogP contribution in [0.3, 0.4) is 0 Å². The fraction of sp³-hybridized carbons (Fsp3) is 0. The van der Waals surface area contributed by atoms with E-state index in [4.69, 9.17) is 11.6 Å². The molecule has 2 aromatic heterocycles. The third-order valence-corrected chi connectivity index (χ3v) is 2.69. The van der Waals surface area contributed by atoms with E-state index in [0.717, 1.165) is 12.1 Å². The Morgan fingerprint density at radius 1 is 1.05 bits per heavy atom. The van der Waals surface area contributed by atoms with Gasteiger partial charge in [-0.25, -0.2) is 13.8 Å². The largest absolute Gasteiger partial charge is 0.274 e. The van der Waals surface area contributed by atoms with Crippen LogP contribution in [0.25, 0.3) is 17.3 Å². The molecule has 0 atom stereocenters. The number of aromatic nitrogens is 5. The summed E-state index contributed by atoms with van der Waals surface area (Å²) in [4.78, 5) is 15.5. The smallest absolute Gasteiger partial charge is 0.239 e. The predicted octanol–water partition coefficient (Wildman–Crippen LogP) is 2.66. The zero-order chi connectivity index (χ0) is 14.1. The second-order valence-corrected chi connectivity index (χ2v) is 4.13. The van der Waals surface area contributed by atoms with Crippen molar-refractivity contribution in [2.45, 2.75) is 0 Å². The minimum absolute atomic E-state index is 0.125. The zero-order valence-corrected chi connectivity index (χ0v) is 10.6. The van der Waals surface area contributed by atoms with Gasteiger partial charge in [0.1, 0.15) is 18.0 Å². The van der Waals surface area contributed by atoms with Gasteiger partial charge in [0.15, 0.2) is 5.82 Å². The summed E-state index contributed by atoms with van der Waals surface area (Å²) in [6, 6.07) is 3.49. The lowest BCUT2D eigenvalue weighted by atomic mass is 10.2. The van der Waals surface area contributed by atoms with Gasteiger partial charge in [0.25, 0.3) is 0 Å². The average molecular weight is 294 g/mol. The summed E-state index contributed by atoms with van der Waals surface area (Å²) in [6.07, 6.45) is 4.53. The first-order chi connectivity index (χ1) is 9.65. The molecule has 3 aromatic rings. The summed E-state index contributed by atoms with van der Waals surface area (Å²) < 4.78 is 28.9. The standard InChI is InChI=1S/C12H6ClF2N5/c13-11-17-10(9-7(14)2-1-3-8(9)15)18-12(19-11)20-5-4-16-6-20/h1-6H. The molecule has 0 unspecified atom stereocenters. The van der Waals surface area contributed by atoms with Crippen LogP contribution in [-0.2, 0) is 0 Å². The maximum absolute atomic E-state index is 13.7. The van der Waals surface area contributed by atoms with Crippen molar-refractivity contribution in [2.75, 3.05) is 0 Å². The Morgan fingerprint density at radius 3 is 2.45 bits per heavy atom. The lowest BCUT2D eigenvalue weighted by Crippen LogP contribution is -2.04. The highest BCUT2D eigenvalue weighted by Crippen LogP contribution is 2.24. The van der Waals surface area contributed by atoms with Gasteiger partial charge in [-0.1, -0.05) is 6.07 Å². The van der Waals surface area contributed by atoms with E-state index >= 15 is 0 Å². The fourth-order valence-corrected chi connectivity index (χ4v) is 1.81. The quantitative estimate of drug-likeness (QED) is 0.729. The van der Waals surface area contributed by atoms with Gasteiger partial charge in [-0.05, 0) is 23.7 Å². The first kappa shape index (κ1) is 12.6. The molecule has 0 bridgehead atoms. The molecule has 100 valence electrons. The van der Waals surface area contributed by atoms with Crippen LogP contribution >= 0.6 is 11.6 Å². The number of imidazole rings is 1. The molecule has 0 spiro atoms. The highest BCUT2D eigenvalue weighted by molar-refractivity contribution is 6.28. The molecule has 0 fully saturated rings. The van der Waals surface area contributed by atoms with E-state index in [-0.39, 0.29) is 22.6 Å². The summed E-state index contributed by atoms with van der Waals surface area (Å²) in [6.45, 7) is 0. The van der Waals surface area contributed by atoms with Crippen molar-refractivity contribution in [1.82, 2.24) is 24.5 Å². The van der Waals surface area contributed by atoms with E-state index < -0.39 is 11.6 Å². The van der Waals surface area contributed by atoms with Gasteiger partial charge in [0.2, 0.25) is 11.2 Å². The second-order valence-electron chi connectivity index (χ2n) is 3.79. The molecule has 0 amide bonds. The maximum atomic E-state index is 13.7. The molecule has 8 heteroatoms. The molecule has 0 radical (unpaired) electrons. The first-order valence-electron chi connectivity index (χ1n) is 5.49. The van der Waals surface area contributed by atoms with E-state index in [1.165, 1.54) is 23.2 Å². The monoisotopic (exact) mass is 293 g/mol. The Morgan fingerprint density at radius 2 is 1.80 bits per heavy atom. The zero-order valence-electron chi connectivity index (χ0n) is 9.83. The molecule has 20 heavy (non-hydrogen) atoms. The molecule has 3 rings (SSSR count). The molecule has 1 aromatic carbocycles. The van der Waals surface area contributed by atoms with Gasteiger partial charge in [-0.15, -0.1) is 0 Å². The number of hydrogen-bond donors (Lipinski definition) is 0. The summed E-state index contributed by atoms with van der Waals surface area (Å²) in [5.41, 5.74) is -0.349. The van der Waals surface area contributed by atoms with Crippen LogP contribution in [0.1, 0.15) is 0 Å². The van der Waals surface area contributed by atoms with E-state index in [9.17, 15) is 8.78 Å². The van der Waals surface area contributed by atoms with Gasteiger partial charge < -0.3 is 0 Å². The Bertz CT molecular complexity index is 740. The van der Waals surface area contributed by atoms with E-state index in [1.807, 2.05) is 0 Å². The normalized spacial score (nSPS) is 10.8. The van der Waals surface area contributed by atoms with E-state index in [0.29, 0.717) is 0 Å². The van der Waals surface area contributed by atoms with Crippen LogP contribution in [0.2, 0.25) is 5.28 Å². The minimum atomic E-state index is -0.774. The van der Waals surface area contributed by atoms with Crippen molar-refractivity contribution < 1.29 is 8.78 Å². The summed E-state index contributed by atoms with van der Waals surface area (Å²) in [7, 11) is 0. The van der Waals surface area contributed by atoms with Crippen LogP contribution in [0.4, 0.5) is 8.78 Å². The highest BCUT2D eigenvalue weighted by Gasteiger charge is 2.16. The number of hydrogen-bond acceptors (Lipinski definition) is 4. The maximum Gasteiger partial charge on any atom is 0.239 e. The number of benzene rings is 1. The van der Waals surface area contributed by atoms with Crippen molar-refractivity contribution >= 4 is 11.6 Å². The second kappa shape index (κ2) is 4.93. The summed E-state index contributed by atoms with van der Waals surface area (Å²) >= 11 is 5.78. The van der Waals surface area contributed by atoms with Crippen LogP contribution in [0, 0.1) is 11.6 Å². The third kappa shape index (κ3) is 2.23. The molecular formula is C12H6ClF2N5. The lowest BCUT2D eigenvalue weighted by Gasteiger charge is -2.06. The van der Waals surface area contributed by atoms with Crippen molar-refractivity contribution in [2.24, 2.45) is 0 Å². The van der Waals surface area contributed by atoms with Gasteiger partial charge in [0, 0.05) is 12.4 Å². The molecule has 0 aliphatic rings. The van der Waals surface area contributed by atoms with Crippen molar-refractivity contribution in [3.8, 4) is 17.3 Å².